The Kier molecular flexibility index (Phi) is 8.37. The number of hydrogen-bond donors (Lipinski definition) is 2. The molecule has 8 nitrogen and oxygen atoms in total. The van der Waals surface area contributed by atoms with Crippen LogP contribution in [0.3, 0.4) is 0 Å². The zero-order chi connectivity index (χ0) is 23.8. The maximum Gasteiger partial charge on any atom is 0.307 e. The maximum absolute atomic E-state index is 12.8. The van der Waals surface area contributed by atoms with Crippen molar-refractivity contribution in [2.75, 3.05) is 26.3 Å². The molecule has 2 amide bonds. The number of carbonyl (C=O) groups is 4. The first kappa shape index (κ1) is 24.2. The van der Waals surface area contributed by atoms with Crippen LogP contribution in [0.15, 0.2) is 35.7 Å². The third kappa shape index (κ3) is 6.07. The molecule has 0 spiro atoms. The molecule has 0 unspecified atom stereocenters. The van der Waals surface area contributed by atoms with Gasteiger partial charge in [-0.1, -0.05) is 6.07 Å². The van der Waals surface area contributed by atoms with E-state index in [1.807, 2.05) is 11.4 Å². The van der Waals surface area contributed by atoms with Gasteiger partial charge >= 0.3 is 11.9 Å². The van der Waals surface area contributed by atoms with Crippen molar-refractivity contribution in [2.45, 2.75) is 26.7 Å². The number of ether oxygens (including phenoxy) is 2. The lowest BCUT2D eigenvalue weighted by Crippen LogP contribution is -2.27. The van der Waals surface area contributed by atoms with Crippen LogP contribution in [0.4, 0.5) is 0 Å². The molecular weight excluding hydrogens is 444 g/mol. The molecule has 3 rings (SSSR count). The quantitative estimate of drug-likeness (QED) is 0.439. The van der Waals surface area contributed by atoms with Crippen molar-refractivity contribution in [3.05, 3.63) is 46.8 Å². The Bertz CT molecular complexity index is 1190. The van der Waals surface area contributed by atoms with E-state index in [1.54, 1.807) is 38.1 Å². The number of hydrogen-bond acceptors (Lipinski definition) is 7. The van der Waals surface area contributed by atoms with E-state index in [0.717, 1.165) is 20.9 Å². The van der Waals surface area contributed by atoms with Crippen molar-refractivity contribution in [1.29, 1.82) is 0 Å². The minimum absolute atomic E-state index is 0.107. The van der Waals surface area contributed by atoms with E-state index in [1.165, 1.54) is 11.3 Å². The lowest BCUT2D eigenvalue weighted by atomic mass is 10.00. The van der Waals surface area contributed by atoms with Crippen molar-refractivity contribution in [2.24, 2.45) is 0 Å². The Morgan fingerprint density at radius 1 is 0.818 bits per heavy atom. The molecule has 2 N–H and O–H groups in total. The van der Waals surface area contributed by atoms with Gasteiger partial charge in [-0.15, -0.1) is 11.3 Å². The van der Waals surface area contributed by atoms with Gasteiger partial charge in [-0.05, 0) is 54.3 Å². The van der Waals surface area contributed by atoms with E-state index in [2.05, 4.69) is 10.6 Å². The van der Waals surface area contributed by atoms with E-state index in [-0.39, 0.29) is 49.7 Å². The Morgan fingerprint density at radius 2 is 1.45 bits per heavy atom. The molecule has 0 aliphatic carbocycles. The molecule has 1 aromatic heterocycles. The molecule has 0 aliphatic rings. The summed E-state index contributed by atoms with van der Waals surface area (Å²) in [5.41, 5.74) is 0.980. The van der Waals surface area contributed by atoms with Crippen LogP contribution in [-0.4, -0.2) is 50.1 Å². The van der Waals surface area contributed by atoms with Crippen LogP contribution in [0.2, 0.25) is 0 Å². The van der Waals surface area contributed by atoms with Gasteiger partial charge in [0.15, 0.2) is 0 Å². The fraction of sp³-hybridized carbons (Fsp3) is 0.333. The van der Waals surface area contributed by atoms with Gasteiger partial charge in [0, 0.05) is 28.7 Å². The summed E-state index contributed by atoms with van der Waals surface area (Å²) in [5, 5.41) is 9.93. The molecule has 3 aromatic rings. The largest absolute Gasteiger partial charge is 0.466 e. The van der Waals surface area contributed by atoms with Gasteiger partial charge in [0.1, 0.15) is 0 Å². The summed E-state index contributed by atoms with van der Waals surface area (Å²) in [5.74, 6) is -1.27. The van der Waals surface area contributed by atoms with Gasteiger partial charge in [-0.3, -0.25) is 19.2 Å². The van der Waals surface area contributed by atoms with Crippen LogP contribution < -0.4 is 10.6 Å². The Morgan fingerprint density at radius 3 is 2.09 bits per heavy atom. The second-order valence-electron chi connectivity index (χ2n) is 7.15. The molecule has 174 valence electrons. The lowest BCUT2D eigenvalue weighted by molar-refractivity contribution is -0.143. The van der Waals surface area contributed by atoms with Gasteiger partial charge in [-0.2, -0.15) is 0 Å². The number of benzene rings is 2. The first-order valence-corrected chi connectivity index (χ1v) is 11.6. The molecule has 9 heteroatoms. The molecule has 0 radical (unpaired) electrons. The van der Waals surface area contributed by atoms with Crippen molar-refractivity contribution in [3.63, 3.8) is 0 Å². The number of rotatable bonds is 10. The first-order valence-electron chi connectivity index (χ1n) is 10.8. The Hall–Kier alpha value is -3.46. The zero-order valence-corrected chi connectivity index (χ0v) is 19.4. The van der Waals surface area contributed by atoms with Crippen LogP contribution in [0.25, 0.3) is 20.9 Å². The van der Waals surface area contributed by atoms with Gasteiger partial charge in [0.2, 0.25) is 0 Å². The minimum atomic E-state index is -0.357. The molecule has 0 aliphatic heterocycles. The number of nitrogens with one attached hydrogen (secondary N) is 2. The van der Waals surface area contributed by atoms with Crippen molar-refractivity contribution in [3.8, 4) is 0 Å². The number of thiophene rings is 1. The second kappa shape index (κ2) is 11.4. The van der Waals surface area contributed by atoms with Crippen molar-refractivity contribution >= 4 is 55.9 Å². The number of carbonyl (C=O) groups excluding carboxylic acids is 4. The summed E-state index contributed by atoms with van der Waals surface area (Å²) in [6.07, 6.45) is 0.214. The van der Waals surface area contributed by atoms with E-state index in [9.17, 15) is 19.2 Å². The molecule has 0 fully saturated rings. The minimum Gasteiger partial charge on any atom is -0.466 e. The normalized spacial score (nSPS) is 10.7. The van der Waals surface area contributed by atoms with E-state index in [0.29, 0.717) is 24.3 Å². The second-order valence-corrected chi connectivity index (χ2v) is 8.06. The highest BCUT2D eigenvalue weighted by Crippen LogP contribution is 2.33. The predicted octanol–water partition coefficient (Wildman–Crippen LogP) is 3.42. The van der Waals surface area contributed by atoms with Gasteiger partial charge in [0.05, 0.1) is 31.6 Å². The molecule has 0 saturated heterocycles. The zero-order valence-electron chi connectivity index (χ0n) is 18.6. The number of esters is 2. The van der Waals surface area contributed by atoms with Crippen molar-refractivity contribution in [1.82, 2.24) is 10.6 Å². The molecule has 0 atom stereocenters. The van der Waals surface area contributed by atoms with E-state index >= 15 is 0 Å². The third-order valence-corrected chi connectivity index (χ3v) is 5.85. The van der Waals surface area contributed by atoms with Crippen LogP contribution in [0.1, 0.15) is 47.4 Å². The topological polar surface area (TPSA) is 111 Å². The summed E-state index contributed by atoms with van der Waals surface area (Å²) in [7, 11) is 0. The summed E-state index contributed by atoms with van der Waals surface area (Å²) in [6, 6.07) is 8.97. The van der Waals surface area contributed by atoms with Crippen molar-refractivity contribution < 1.29 is 28.7 Å². The highest BCUT2D eigenvalue weighted by Gasteiger charge is 2.16. The Labute approximate surface area is 195 Å². The monoisotopic (exact) mass is 470 g/mol. The van der Waals surface area contributed by atoms with E-state index < -0.39 is 0 Å². The third-order valence-electron chi connectivity index (χ3n) is 4.90. The maximum atomic E-state index is 12.8. The van der Waals surface area contributed by atoms with Crippen LogP contribution in [-0.2, 0) is 19.1 Å². The molecule has 0 bridgehead atoms. The predicted molar refractivity (Wildman–Crippen MR) is 126 cm³/mol. The standard InChI is InChI=1S/C24H26N2O6S/c1-3-31-20(27)7-10-25-23(29)16-6-5-15-13-19(22-17(9-12-33-22)18(15)14-16)24(30)26-11-8-21(28)32-4-2/h5-6,9,12-14H,3-4,7-8,10-11H2,1-2H3,(H,25,29)(H,26,30). The summed E-state index contributed by atoms with van der Waals surface area (Å²) in [6.45, 7) is 4.45. The van der Waals surface area contributed by atoms with Gasteiger partial charge in [0.25, 0.3) is 11.8 Å². The average Bonchev–Trinajstić information content (AvgIpc) is 3.28. The van der Waals surface area contributed by atoms with Crippen LogP contribution >= 0.6 is 11.3 Å². The Balaban J connectivity index is 1.77. The summed E-state index contributed by atoms with van der Waals surface area (Å²) < 4.78 is 10.5. The SMILES string of the molecule is CCOC(=O)CCNC(=O)c1ccc2cc(C(=O)NCCC(=O)OCC)c3sccc3c2c1. The van der Waals surface area contributed by atoms with E-state index in [4.69, 9.17) is 9.47 Å². The van der Waals surface area contributed by atoms with Crippen LogP contribution in [0, 0.1) is 0 Å². The van der Waals surface area contributed by atoms with Crippen LogP contribution in [0.5, 0.6) is 0 Å². The smallest absolute Gasteiger partial charge is 0.307 e. The summed E-state index contributed by atoms with van der Waals surface area (Å²) >= 11 is 1.44. The molecule has 2 aromatic carbocycles. The highest BCUT2D eigenvalue weighted by molar-refractivity contribution is 7.17. The molecule has 1 heterocycles. The molecular formula is C24H26N2O6S. The average molecular weight is 471 g/mol. The number of amides is 2. The highest BCUT2D eigenvalue weighted by atomic mass is 32.1. The fourth-order valence-corrected chi connectivity index (χ4v) is 4.32. The van der Waals surface area contributed by atoms with Gasteiger partial charge in [-0.25, -0.2) is 0 Å². The molecule has 33 heavy (non-hydrogen) atoms. The fourth-order valence-electron chi connectivity index (χ4n) is 3.40. The lowest BCUT2D eigenvalue weighted by Gasteiger charge is -2.10. The van der Waals surface area contributed by atoms with Gasteiger partial charge < -0.3 is 20.1 Å². The first-order chi connectivity index (χ1) is 15.9. The number of fused-ring (bicyclic) bond motifs is 3. The molecule has 0 saturated carbocycles. The summed E-state index contributed by atoms with van der Waals surface area (Å²) in [4.78, 5) is 48.2.